The molecule has 4 nitrogen and oxygen atoms in total. The number of ether oxygens (including phenoxy) is 1. The molecular weight excluding hydrogens is 297 g/mol. The Balaban J connectivity index is 0.00000361. The van der Waals surface area contributed by atoms with Crippen molar-refractivity contribution in [2.75, 3.05) is 26.0 Å². The van der Waals surface area contributed by atoms with Crippen LogP contribution in [0.1, 0.15) is 5.56 Å². The van der Waals surface area contributed by atoms with Crippen LogP contribution in [-0.4, -0.2) is 37.9 Å². The molecule has 8 heteroatoms. The summed E-state index contributed by atoms with van der Waals surface area (Å²) in [4.78, 5) is 13.1. The first-order chi connectivity index (χ1) is 8.76. The van der Waals surface area contributed by atoms with E-state index in [-0.39, 0.29) is 12.4 Å². The Morgan fingerprint density at radius 3 is 2.55 bits per heavy atom. The van der Waals surface area contributed by atoms with Gasteiger partial charge < -0.3 is 9.64 Å². The number of rotatable bonds is 4. The van der Waals surface area contributed by atoms with Gasteiger partial charge in [0.15, 0.2) is 6.61 Å². The Hall–Kier alpha value is -1.47. The van der Waals surface area contributed by atoms with Gasteiger partial charge in [-0.05, 0) is 31.8 Å². The first kappa shape index (κ1) is 18.5. The van der Waals surface area contributed by atoms with Crippen molar-refractivity contribution in [2.24, 2.45) is 0 Å². The fourth-order valence-electron chi connectivity index (χ4n) is 1.41. The minimum Gasteiger partial charge on any atom is -0.440 e. The Bertz CT molecular complexity index is 439. The molecular formula is C12H16ClF3N2O2. The van der Waals surface area contributed by atoms with Crippen LogP contribution in [0.3, 0.4) is 0 Å². The van der Waals surface area contributed by atoms with Gasteiger partial charge in [0, 0.05) is 12.2 Å². The molecule has 1 N–H and O–H groups in total. The van der Waals surface area contributed by atoms with Crippen LogP contribution in [0.4, 0.5) is 23.7 Å². The summed E-state index contributed by atoms with van der Waals surface area (Å²) in [6.07, 6.45) is -5.65. The lowest BCUT2D eigenvalue weighted by Crippen LogP contribution is -2.23. The van der Waals surface area contributed by atoms with Gasteiger partial charge in [0.2, 0.25) is 0 Å². The fraction of sp³-hybridized carbons (Fsp3) is 0.417. The predicted octanol–water partition coefficient (Wildman–Crippen LogP) is 3.28. The summed E-state index contributed by atoms with van der Waals surface area (Å²) >= 11 is 0. The largest absolute Gasteiger partial charge is 0.440 e. The summed E-state index contributed by atoms with van der Waals surface area (Å²) in [5, 5.41) is 2.25. The molecule has 0 saturated heterocycles. The van der Waals surface area contributed by atoms with Crippen LogP contribution in [0.5, 0.6) is 0 Å². The standard InChI is InChI=1S/C12H15F3N2O2.ClH/c1-17(2)7-9-4-3-5-10(6-9)16-11(18)19-8-12(13,14)15;/h3-6H,7-8H2,1-2H3,(H,16,18);1H. The molecule has 0 saturated carbocycles. The van der Waals surface area contributed by atoms with Gasteiger partial charge in [-0.1, -0.05) is 12.1 Å². The minimum atomic E-state index is -4.52. The van der Waals surface area contributed by atoms with E-state index in [4.69, 9.17) is 0 Å². The van der Waals surface area contributed by atoms with Gasteiger partial charge in [0.05, 0.1) is 0 Å². The van der Waals surface area contributed by atoms with Crippen molar-refractivity contribution in [2.45, 2.75) is 12.7 Å². The first-order valence-electron chi connectivity index (χ1n) is 5.50. The Morgan fingerprint density at radius 1 is 1.35 bits per heavy atom. The highest BCUT2D eigenvalue weighted by atomic mass is 35.5. The summed E-state index contributed by atoms with van der Waals surface area (Å²) in [6.45, 7) is -0.941. The van der Waals surface area contributed by atoms with Crippen molar-refractivity contribution >= 4 is 24.2 Å². The minimum absolute atomic E-state index is 0. The number of carbonyl (C=O) groups excluding carboxylic acids is 1. The zero-order valence-electron chi connectivity index (χ0n) is 11.0. The van der Waals surface area contributed by atoms with Crippen LogP contribution < -0.4 is 5.32 Å². The summed E-state index contributed by atoms with van der Waals surface area (Å²) in [7, 11) is 3.77. The molecule has 0 unspecified atom stereocenters. The normalized spacial score (nSPS) is 10.9. The molecule has 0 bridgehead atoms. The van der Waals surface area contributed by atoms with Crippen LogP contribution in [0.15, 0.2) is 24.3 Å². The number of halogens is 4. The molecule has 1 aromatic rings. The molecule has 20 heavy (non-hydrogen) atoms. The van der Waals surface area contributed by atoms with Crippen LogP contribution in [0.2, 0.25) is 0 Å². The number of anilines is 1. The predicted molar refractivity (Wildman–Crippen MR) is 72.1 cm³/mol. The number of nitrogens with zero attached hydrogens (tertiary/aromatic N) is 1. The van der Waals surface area contributed by atoms with Crippen LogP contribution >= 0.6 is 12.4 Å². The third-order valence-electron chi connectivity index (χ3n) is 2.04. The Kier molecular flexibility index (Phi) is 7.38. The molecule has 1 rings (SSSR count). The lowest BCUT2D eigenvalue weighted by molar-refractivity contribution is -0.159. The van der Waals surface area contributed by atoms with E-state index in [1.165, 1.54) is 0 Å². The van der Waals surface area contributed by atoms with Gasteiger partial charge in [0.1, 0.15) is 0 Å². The molecule has 0 atom stereocenters. The fourth-order valence-corrected chi connectivity index (χ4v) is 1.41. The molecule has 0 spiro atoms. The average Bonchev–Trinajstić information content (AvgIpc) is 2.25. The third kappa shape index (κ3) is 7.85. The Labute approximate surface area is 121 Å². The van der Waals surface area contributed by atoms with Crippen molar-refractivity contribution in [1.82, 2.24) is 4.90 Å². The van der Waals surface area contributed by atoms with Gasteiger partial charge in [-0.2, -0.15) is 13.2 Å². The number of hydrogen-bond donors (Lipinski definition) is 1. The zero-order chi connectivity index (χ0) is 14.5. The SMILES string of the molecule is CN(C)Cc1cccc(NC(=O)OCC(F)(F)F)c1.Cl. The van der Waals surface area contributed by atoms with Crippen molar-refractivity contribution in [1.29, 1.82) is 0 Å². The monoisotopic (exact) mass is 312 g/mol. The van der Waals surface area contributed by atoms with E-state index < -0.39 is 18.9 Å². The van der Waals surface area contributed by atoms with Gasteiger partial charge in [-0.25, -0.2) is 4.79 Å². The lowest BCUT2D eigenvalue weighted by atomic mass is 10.2. The van der Waals surface area contributed by atoms with Crippen molar-refractivity contribution in [3.8, 4) is 0 Å². The molecule has 0 fully saturated rings. The van der Waals surface area contributed by atoms with Crippen LogP contribution in [-0.2, 0) is 11.3 Å². The van der Waals surface area contributed by atoms with Gasteiger partial charge in [0.25, 0.3) is 0 Å². The van der Waals surface area contributed by atoms with E-state index in [2.05, 4.69) is 10.1 Å². The van der Waals surface area contributed by atoms with Crippen LogP contribution in [0.25, 0.3) is 0 Å². The maximum absolute atomic E-state index is 11.9. The number of alkyl halides is 3. The van der Waals surface area contributed by atoms with Gasteiger partial charge in [-0.3, -0.25) is 5.32 Å². The summed E-state index contributed by atoms with van der Waals surface area (Å²) in [5.74, 6) is 0. The van der Waals surface area contributed by atoms with Crippen molar-refractivity contribution < 1.29 is 22.7 Å². The number of benzene rings is 1. The maximum atomic E-state index is 11.9. The molecule has 0 aliphatic heterocycles. The van der Waals surface area contributed by atoms with Gasteiger partial charge in [-0.15, -0.1) is 12.4 Å². The molecule has 0 radical (unpaired) electrons. The second kappa shape index (κ2) is 7.96. The smallest absolute Gasteiger partial charge is 0.422 e. The maximum Gasteiger partial charge on any atom is 0.422 e. The molecule has 0 heterocycles. The molecule has 1 aromatic carbocycles. The summed E-state index contributed by atoms with van der Waals surface area (Å²) in [5.41, 5.74) is 1.32. The van der Waals surface area contributed by atoms with E-state index in [1.807, 2.05) is 25.1 Å². The van der Waals surface area contributed by atoms with Crippen LogP contribution in [0, 0.1) is 0 Å². The highest BCUT2D eigenvalue weighted by Crippen LogP contribution is 2.16. The number of nitrogens with one attached hydrogen (secondary N) is 1. The highest BCUT2D eigenvalue weighted by Gasteiger charge is 2.29. The lowest BCUT2D eigenvalue weighted by Gasteiger charge is -2.12. The second-order valence-corrected chi connectivity index (χ2v) is 4.25. The number of carbonyl (C=O) groups is 1. The topological polar surface area (TPSA) is 41.6 Å². The van der Waals surface area contributed by atoms with Gasteiger partial charge >= 0.3 is 12.3 Å². The molecule has 0 aliphatic carbocycles. The summed E-state index contributed by atoms with van der Waals surface area (Å²) in [6, 6.07) is 6.81. The zero-order valence-corrected chi connectivity index (χ0v) is 11.8. The van der Waals surface area contributed by atoms with Crippen molar-refractivity contribution in [3.05, 3.63) is 29.8 Å². The van der Waals surface area contributed by atoms with E-state index in [0.29, 0.717) is 12.2 Å². The molecule has 0 aromatic heterocycles. The summed E-state index contributed by atoms with van der Waals surface area (Å²) < 4.78 is 39.6. The molecule has 1 amide bonds. The van der Waals surface area contributed by atoms with Crippen molar-refractivity contribution in [3.63, 3.8) is 0 Å². The van der Waals surface area contributed by atoms with E-state index >= 15 is 0 Å². The molecule has 114 valence electrons. The number of amides is 1. The first-order valence-corrected chi connectivity index (χ1v) is 5.50. The molecule has 0 aliphatic rings. The quantitative estimate of drug-likeness (QED) is 0.927. The van der Waals surface area contributed by atoms with E-state index in [1.54, 1.807) is 18.2 Å². The average molecular weight is 313 g/mol. The Morgan fingerprint density at radius 2 is 2.00 bits per heavy atom. The van der Waals surface area contributed by atoms with E-state index in [0.717, 1.165) is 5.56 Å². The van der Waals surface area contributed by atoms with E-state index in [9.17, 15) is 18.0 Å². The number of hydrogen-bond acceptors (Lipinski definition) is 3. The highest BCUT2D eigenvalue weighted by molar-refractivity contribution is 5.85. The second-order valence-electron chi connectivity index (χ2n) is 4.25. The third-order valence-corrected chi connectivity index (χ3v) is 2.04.